The second kappa shape index (κ2) is 7.13. The lowest BCUT2D eigenvalue weighted by atomic mass is 10.3. The molecule has 5 heteroatoms. The van der Waals surface area contributed by atoms with Crippen molar-refractivity contribution < 1.29 is 13.2 Å². The Bertz CT molecular complexity index is 652. The van der Waals surface area contributed by atoms with Gasteiger partial charge in [-0.25, -0.2) is 8.42 Å². The van der Waals surface area contributed by atoms with Crippen molar-refractivity contribution in [1.29, 1.82) is 0 Å². The number of sulfone groups is 1. The minimum Gasteiger partial charge on any atom is -0.457 e. The highest BCUT2D eigenvalue weighted by Gasteiger charge is 2.06. The molecule has 0 saturated heterocycles. The van der Waals surface area contributed by atoms with Crippen LogP contribution < -0.4 is 10.1 Å². The Kier molecular flexibility index (Phi) is 5.22. The highest BCUT2D eigenvalue weighted by molar-refractivity contribution is 7.91. The summed E-state index contributed by atoms with van der Waals surface area (Å²) >= 11 is 0. The average molecular weight is 305 g/mol. The average Bonchev–Trinajstić information content (AvgIpc) is 2.50. The molecular formula is C16H19NO3S. The molecule has 112 valence electrons. The molecule has 2 aromatic carbocycles. The first-order chi connectivity index (χ1) is 10.1. The van der Waals surface area contributed by atoms with Crippen LogP contribution >= 0.6 is 0 Å². The van der Waals surface area contributed by atoms with E-state index in [1.54, 1.807) is 6.92 Å². The van der Waals surface area contributed by atoms with Crippen molar-refractivity contribution in [1.82, 2.24) is 0 Å². The van der Waals surface area contributed by atoms with E-state index in [4.69, 9.17) is 4.74 Å². The molecule has 2 aromatic rings. The van der Waals surface area contributed by atoms with Gasteiger partial charge >= 0.3 is 0 Å². The van der Waals surface area contributed by atoms with Gasteiger partial charge in [-0.3, -0.25) is 0 Å². The smallest absolute Gasteiger partial charge is 0.151 e. The van der Waals surface area contributed by atoms with E-state index in [9.17, 15) is 8.42 Å². The van der Waals surface area contributed by atoms with E-state index in [-0.39, 0.29) is 11.5 Å². The molecule has 0 aliphatic rings. The maximum atomic E-state index is 11.4. The van der Waals surface area contributed by atoms with Gasteiger partial charge in [0.1, 0.15) is 11.5 Å². The zero-order valence-corrected chi connectivity index (χ0v) is 12.8. The first-order valence-corrected chi connectivity index (χ1v) is 8.68. The standard InChI is InChI=1S/C16H19NO3S/c1-2-21(18,19)13-12-17-14-8-10-16(11-9-14)20-15-6-4-3-5-7-15/h3-11,17H,2,12-13H2,1H3. The quantitative estimate of drug-likeness (QED) is 0.852. The number of hydrogen-bond donors (Lipinski definition) is 1. The topological polar surface area (TPSA) is 55.4 Å². The third-order valence-corrected chi connectivity index (χ3v) is 4.72. The van der Waals surface area contributed by atoms with Crippen LogP contribution in [0.25, 0.3) is 0 Å². The lowest BCUT2D eigenvalue weighted by molar-refractivity contribution is 0.483. The second-order valence-electron chi connectivity index (χ2n) is 4.60. The largest absolute Gasteiger partial charge is 0.457 e. The lowest BCUT2D eigenvalue weighted by Gasteiger charge is -2.08. The van der Waals surface area contributed by atoms with Crippen LogP contribution in [0.2, 0.25) is 0 Å². The van der Waals surface area contributed by atoms with Gasteiger partial charge in [0.2, 0.25) is 0 Å². The molecule has 4 nitrogen and oxygen atoms in total. The molecule has 0 fully saturated rings. The highest BCUT2D eigenvalue weighted by Crippen LogP contribution is 2.22. The molecule has 21 heavy (non-hydrogen) atoms. The van der Waals surface area contributed by atoms with Crippen molar-refractivity contribution in [2.24, 2.45) is 0 Å². The summed E-state index contributed by atoms with van der Waals surface area (Å²) < 4.78 is 28.5. The molecule has 0 spiro atoms. The predicted molar refractivity (Wildman–Crippen MR) is 85.8 cm³/mol. The molecule has 0 unspecified atom stereocenters. The summed E-state index contributed by atoms with van der Waals surface area (Å²) in [7, 11) is -2.93. The second-order valence-corrected chi connectivity index (χ2v) is 7.08. The summed E-state index contributed by atoms with van der Waals surface area (Å²) in [5.74, 6) is 1.85. The van der Waals surface area contributed by atoms with E-state index in [0.717, 1.165) is 17.2 Å². The fraction of sp³-hybridized carbons (Fsp3) is 0.250. The Morgan fingerprint density at radius 3 is 2.19 bits per heavy atom. The van der Waals surface area contributed by atoms with E-state index < -0.39 is 9.84 Å². The molecule has 0 radical (unpaired) electrons. The lowest BCUT2D eigenvalue weighted by Crippen LogP contribution is -2.17. The van der Waals surface area contributed by atoms with E-state index in [0.29, 0.717) is 6.54 Å². The first kappa shape index (κ1) is 15.4. The van der Waals surface area contributed by atoms with Crippen LogP contribution in [0, 0.1) is 0 Å². The van der Waals surface area contributed by atoms with Gasteiger partial charge in [-0.1, -0.05) is 25.1 Å². The Balaban J connectivity index is 1.87. The van der Waals surface area contributed by atoms with Gasteiger partial charge < -0.3 is 10.1 Å². The Labute approximate surface area is 125 Å². The normalized spacial score (nSPS) is 11.1. The first-order valence-electron chi connectivity index (χ1n) is 6.86. The van der Waals surface area contributed by atoms with Crippen molar-refractivity contribution in [3.63, 3.8) is 0 Å². The number of benzene rings is 2. The van der Waals surface area contributed by atoms with Gasteiger partial charge in [-0.05, 0) is 36.4 Å². The van der Waals surface area contributed by atoms with Gasteiger partial charge in [-0.2, -0.15) is 0 Å². The molecule has 0 bridgehead atoms. The number of hydrogen-bond acceptors (Lipinski definition) is 4. The Morgan fingerprint density at radius 2 is 1.57 bits per heavy atom. The molecule has 0 heterocycles. The summed E-state index contributed by atoms with van der Waals surface area (Å²) in [5, 5.41) is 3.09. The number of rotatable bonds is 7. The summed E-state index contributed by atoms with van der Waals surface area (Å²) in [6.07, 6.45) is 0. The van der Waals surface area contributed by atoms with Crippen LogP contribution in [0.1, 0.15) is 6.92 Å². The molecule has 0 saturated carbocycles. The minimum atomic E-state index is -2.93. The van der Waals surface area contributed by atoms with Crippen LogP contribution in [-0.4, -0.2) is 26.5 Å². The van der Waals surface area contributed by atoms with Gasteiger partial charge in [0.05, 0.1) is 5.75 Å². The molecular weight excluding hydrogens is 286 g/mol. The van der Waals surface area contributed by atoms with Crippen LogP contribution in [0.3, 0.4) is 0 Å². The molecule has 0 aliphatic carbocycles. The minimum absolute atomic E-state index is 0.145. The fourth-order valence-corrected chi connectivity index (χ4v) is 2.46. The maximum absolute atomic E-state index is 11.4. The van der Waals surface area contributed by atoms with Gasteiger partial charge in [-0.15, -0.1) is 0 Å². The van der Waals surface area contributed by atoms with Gasteiger partial charge in [0.15, 0.2) is 9.84 Å². The van der Waals surface area contributed by atoms with Crippen LogP contribution in [0.5, 0.6) is 11.5 Å². The van der Waals surface area contributed by atoms with Crippen LogP contribution in [0.4, 0.5) is 5.69 Å². The van der Waals surface area contributed by atoms with Crippen molar-refractivity contribution >= 4 is 15.5 Å². The molecule has 0 amide bonds. The third-order valence-electron chi connectivity index (χ3n) is 3.02. The summed E-state index contributed by atoms with van der Waals surface area (Å²) in [5.41, 5.74) is 0.877. The van der Waals surface area contributed by atoms with Crippen molar-refractivity contribution in [3.05, 3.63) is 54.6 Å². The Morgan fingerprint density at radius 1 is 0.952 bits per heavy atom. The fourth-order valence-electron chi connectivity index (χ4n) is 1.76. The third kappa shape index (κ3) is 5.11. The highest BCUT2D eigenvalue weighted by atomic mass is 32.2. The van der Waals surface area contributed by atoms with E-state index in [1.807, 2.05) is 54.6 Å². The Hall–Kier alpha value is -2.01. The summed E-state index contributed by atoms with van der Waals surface area (Å²) in [6.45, 7) is 2.07. The van der Waals surface area contributed by atoms with Gasteiger partial charge in [0.25, 0.3) is 0 Å². The predicted octanol–water partition coefficient (Wildman–Crippen LogP) is 3.33. The zero-order valence-electron chi connectivity index (χ0n) is 12.0. The molecule has 0 aromatic heterocycles. The van der Waals surface area contributed by atoms with Crippen LogP contribution in [0.15, 0.2) is 54.6 Å². The number of ether oxygens (including phenoxy) is 1. The van der Waals surface area contributed by atoms with Gasteiger partial charge in [0, 0.05) is 18.0 Å². The maximum Gasteiger partial charge on any atom is 0.151 e. The van der Waals surface area contributed by atoms with E-state index >= 15 is 0 Å². The molecule has 1 N–H and O–H groups in total. The van der Waals surface area contributed by atoms with Crippen molar-refractivity contribution in [2.75, 3.05) is 23.4 Å². The van der Waals surface area contributed by atoms with E-state index in [2.05, 4.69) is 5.32 Å². The zero-order chi connectivity index (χ0) is 15.1. The molecule has 2 rings (SSSR count). The summed E-state index contributed by atoms with van der Waals surface area (Å²) in [6, 6.07) is 17.0. The van der Waals surface area contributed by atoms with Crippen molar-refractivity contribution in [3.8, 4) is 11.5 Å². The number of para-hydroxylation sites is 1. The molecule has 0 atom stereocenters. The number of nitrogens with one attached hydrogen (secondary N) is 1. The summed E-state index contributed by atoms with van der Waals surface area (Å²) in [4.78, 5) is 0. The van der Waals surface area contributed by atoms with E-state index in [1.165, 1.54) is 0 Å². The molecule has 0 aliphatic heterocycles. The SMILES string of the molecule is CCS(=O)(=O)CCNc1ccc(Oc2ccccc2)cc1. The number of anilines is 1. The monoisotopic (exact) mass is 305 g/mol. The van der Waals surface area contributed by atoms with Crippen molar-refractivity contribution in [2.45, 2.75) is 6.92 Å². The van der Waals surface area contributed by atoms with Crippen LogP contribution in [-0.2, 0) is 9.84 Å².